The molecule has 90 valence electrons. The summed E-state index contributed by atoms with van der Waals surface area (Å²) in [5, 5.41) is 10.2. The van der Waals surface area contributed by atoms with Crippen molar-refractivity contribution in [2.75, 3.05) is 30.3 Å². The Morgan fingerprint density at radius 1 is 1.53 bits per heavy atom. The molecule has 1 aliphatic rings. The largest absolute Gasteiger partial charge is 0.399 e. The van der Waals surface area contributed by atoms with Crippen molar-refractivity contribution in [1.82, 2.24) is 4.98 Å². The fourth-order valence-corrected chi connectivity index (χ4v) is 3.27. The molecule has 17 heavy (non-hydrogen) atoms. The molecular formula is C12H15N3OS. The zero-order valence-electron chi connectivity index (χ0n) is 9.47. The predicted octanol–water partition coefficient (Wildman–Crippen LogP) is 1.70. The smallest absolute Gasteiger partial charge is 0.186 e. The Bertz CT molecular complexity index is 540. The fraction of sp³-hybridized carbons (Fsp3) is 0.417. The van der Waals surface area contributed by atoms with E-state index in [0.29, 0.717) is 5.92 Å². The van der Waals surface area contributed by atoms with E-state index in [1.807, 2.05) is 18.2 Å². The molecule has 4 nitrogen and oxygen atoms in total. The van der Waals surface area contributed by atoms with Gasteiger partial charge in [0.2, 0.25) is 0 Å². The average molecular weight is 249 g/mol. The Morgan fingerprint density at radius 2 is 2.41 bits per heavy atom. The number of fused-ring (bicyclic) bond motifs is 1. The number of aliphatic hydroxyl groups is 1. The van der Waals surface area contributed by atoms with E-state index in [-0.39, 0.29) is 6.61 Å². The molecule has 5 heteroatoms. The van der Waals surface area contributed by atoms with Crippen LogP contribution in [0.15, 0.2) is 18.2 Å². The van der Waals surface area contributed by atoms with Gasteiger partial charge in [-0.15, -0.1) is 0 Å². The van der Waals surface area contributed by atoms with Gasteiger partial charge in [-0.05, 0) is 24.6 Å². The Hall–Kier alpha value is -1.33. The summed E-state index contributed by atoms with van der Waals surface area (Å²) in [6.45, 7) is 2.17. The Labute approximate surface area is 104 Å². The number of anilines is 2. The molecule has 1 aliphatic heterocycles. The molecule has 3 rings (SSSR count). The minimum Gasteiger partial charge on any atom is -0.399 e. The number of thiazole rings is 1. The highest BCUT2D eigenvalue weighted by Gasteiger charge is 2.24. The zero-order valence-corrected chi connectivity index (χ0v) is 10.3. The van der Waals surface area contributed by atoms with Crippen molar-refractivity contribution in [3.8, 4) is 0 Å². The van der Waals surface area contributed by atoms with Crippen LogP contribution in [0.3, 0.4) is 0 Å². The van der Waals surface area contributed by atoms with Crippen molar-refractivity contribution < 1.29 is 5.11 Å². The number of nitrogens with two attached hydrogens (primary N) is 1. The van der Waals surface area contributed by atoms with Crippen LogP contribution in [0.2, 0.25) is 0 Å². The van der Waals surface area contributed by atoms with Gasteiger partial charge in [-0.2, -0.15) is 0 Å². The van der Waals surface area contributed by atoms with Crippen LogP contribution in [0.4, 0.5) is 10.8 Å². The summed E-state index contributed by atoms with van der Waals surface area (Å²) in [6, 6.07) is 5.81. The first kappa shape index (κ1) is 10.8. The molecule has 1 fully saturated rings. The minimum absolute atomic E-state index is 0.272. The maximum absolute atomic E-state index is 9.15. The maximum Gasteiger partial charge on any atom is 0.186 e. The van der Waals surface area contributed by atoms with Crippen LogP contribution in [0.25, 0.3) is 10.2 Å². The van der Waals surface area contributed by atoms with Crippen LogP contribution in [-0.4, -0.2) is 29.8 Å². The third-order valence-electron chi connectivity index (χ3n) is 3.22. The minimum atomic E-state index is 0.272. The van der Waals surface area contributed by atoms with Crippen molar-refractivity contribution in [2.45, 2.75) is 6.42 Å². The van der Waals surface area contributed by atoms with Crippen LogP contribution >= 0.6 is 11.3 Å². The van der Waals surface area contributed by atoms with Crippen molar-refractivity contribution in [3.63, 3.8) is 0 Å². The van der Waals surface area contributed by atoms with E-state index in [4.69, 9.17) is 10.8 Å². The average Bonchev–Trinajstić information content (AvgIpc) is 2.93. The molecule has 1 aromatic heterocycles. The van der Waals surface area contributed by atoms with Gasteiger partial charge in [0, 0.05) is 31.3 Å². The fourth-order valence-electron chi connectivity index (χ4n) is 2.22. The summed E-state index contributed by atoms with van der Waals surface area (Å²) in [4.78, 5) is 6.86. The van der Waals surface area contributed by atoms with Gasteiger partial charge in [-0.1, -0.05) is 11.3 Å². The quantitative estimate of drug-likeness (QED) is 0.795. The topological polar surface area (TPSA) is 62.4 Å². The summed E-state index contributed by atoms with van der Waals surface area (Å²) >= 11 is 1.67. The lowest BCUT2D eigenvalue weighted by molar-refractivity contribution is 0.238. The Morgan fingerprint density at radius 3 is 3.18 bits per heavy atom. The van der Waals surface area contributed by atoms with Crippen LogP contribution < -0.4 is 10.6 Å². The van der Waals surface area contributed by atoms with E-state index in [2.05, 4.69) is 9.88 Å². The number of hydrogen-bond acceptors (Lipinski definition) is 5. The number of aliphatic hydroxyl groups excluding tert-OH is 1. The number of rotatable bonds is 2. The van der Waals surface area contributed by atoms with Gasteiger partial charge >= 0.3 is 0 Å². The van der Waals surface area contributed by atoms with E-state index >= 15 is 0 Å². The van der Waals surface area contributed by atoms with E-state index in [1.54, 1.807) is 11.3 Å². The summed E-state index contributed by atoms with van der Waals surface area (Å²) in [6.07, 6.45) is 1.05. The van der Waals surface area contributed by atoms with E-state index < -0.39 is 0 Å². The first-order valence-electron chi connectivity index (χ1n) is 5.78. The third-order valence-corrected chi connectivity index (χ3v) is 4.29. The van der Waals surface area contributed by atoms with Crippen molar-refractivity contribution in [1.29, 1.82) is 0 Å². The molecule has 1 saturated heterocycles. The van der Waals surface area contributed by atoms with Crippen molar-refractivity contribution in [2.24, 2.45) is 5.92 Å². The molecular weight excluding hydrogens is 234 g/mol. The summed E-state index contributed by atoms with van der Waals surface area (Å²) < 4.78 is 1.13. The normalized spacial score (nSPS) is 20.3. The lowest BCUT2D eigenvalue weighted by Crippen LogP contribution is -2.20. The molecule has 1 unspecified atom stereocenters. The van der Waals surface area contributed by atoms with Gasteiger partial charge in [0.25, 0.3) is 0 Å². The van der Waals surface area contributed by atoms with Crippen LogP contribution in [0, 0.1) is 5.92 Å². The van der Waals surface area contributed by atoms with Gasteiger partial charge in [0.05, 0.1) is 10.2 Å². The molecule has 0 saturated carbocycles. The summed E-state index contributed by atoms with van der Waals surface area (Å²) in [7, 11) is 0. The first-order chi connectivity index (χ1) is 8.26. The van der Waals surface area contributed by atoms with Gasteiger partial charge < -0.3 is 15.7 Å². The van der Waals surface area contributed by atoms with Crippen LogP contribution in [-0.2, 0) is 0 Å². The monoisotopic (exact) mass is 249 g/mol. The number of benzene rings is 1. The zero-order chi connectivity index (χ0) is 11.8. The van der Waals surface area contributed by atoms with Crippen molar-refractivity contribution >= 4 is 32.4 Å². The molecule has 0 amide bonds. The summed E-state index contributed by atoms with van der Waals surface area (Å²) in [5.41, 5.74) is 7.55. The summed E-state index contributed by atoms with van der Waals surface area (Å²) in [5.74, 6) is 0.395. The van der Waals surface area contributed by atoms with E-state index in [1.165, 1.54) is 0 Å². The van der Waals surface area contributed by atoms with Gasteiger partial charge in [0.1, 0.15) is 0 Å². The second-order valence-electron chi connectivity index (χ2n) is 4.51. The molecule has 2 aromatic rings. The lowest BCUT2D eigenvalue weighted by atomic mass is 10.1. The number of nitrogens with zero attached hydrogens (tertiary/aromatic N) is 2. The number of hydrogen-bond donors (Lipinski definition) is 2. The van der Waals surface area contributed by atoms with Crippen LogP contribution in [0.5, 0.6) is 0 Å². The molecule has 3 N–H and O–H groups in total. The second kappa shape index (κ2) is 4.16. The molecule has 0 spiro atoms. The number of nitrogen functional groups attached to an aromatic ring is 1. The SMILES string of the molecule is Nc1ccc2nc(N3CCC(CO)C3)sc2c1. The standard InChI is InChI=1S/C12H15N3OS/c13-9-1-2-10-11(5-9)17-12(14-10)15-4-3-8(6-15)7-16/h1-2,5,8,16H,3-4,6-7,13H2. The molecule has 0 radical (unpaired) electrons. The van der Waals surface area contributed by atoms with E-state index in [0.717, 1.165) is 40.5 Å². The van der Waals surface area contributed by atoms with Crippen molar-refractivity contribution in [3.05, 3.63) is 18.2 Å². The van der Waals surface area contributed by atoms with Gasteiger partial charge in [-0.3, -0.25) is 0 Å². The molecule has 0 aliphatic carbocycles. The highest BCUT2D eigenvalue weighted by atomic mass is 32.1. The molecule has 1 aromatic carbocycles. The molecule has 0 bridgehead atoms. The van der Waals surface area contributed by atoms with Gasteiger partial charge in [-0.25, -0.2) is 4.98 Å². The Balaban J connectivity index is 1.91. The van der Waals surface area contributed by atoms with Crippen LogP contribution in [0.1, 0.15) is 6.42 Å². The second-order valence-corrected chi connectivity index (χ2v) is 5.52. The molecule has 2 heterocycles. The Kier molecular flexibility index (Phi) is 2.64. The predicted molar refractivity (Wildman–Crippen MR) is 71.4 cm³/mol. The molecule has 1 atom stereocenters. The van der Waals surface area contributed by atoms with E-state index in [9.17, 15) is 0 Å². The third kappa shape index (κ3) is 1.96. The highest BCUT2D eigenvalue weighted by molar-refractivity contribution is 7.22. The number of aromatic nitrogens is 1. The lowest BCUT2D eigenvalue weighted by Gasteiger charge is -2.13. The first-order valence-corrected chi connectivity index (χ1v) is 6.60. The highest BCUT2D eigenvalue weighted by Crippen LogP contribution is 2.32. The van der Waals surface area contributed by atoms with Gasteiger partial charge in [0.15, 0.2) is 5.13 Å². The maximum atomic E-state index is 9.15.